The first-order valence-electron chi connectivity index (χ1n) is 3.70. The smallest absolute Gasteiger partial charge is 0.0347 e. The highest BCUT2D eigenvalue weighted by Crippen LogP contribution is 2.00. The molecule has 1 aliphatic rings. The summed E-state index contributed by atoms with van der Waals surface area (Å²) >= 11 is 0. The molecule has 0 aromatic carbocycles. The molecule has 0 saturated carbocycles. The molecule has 1 heterocycles. The van der Waals surface area contributed by atoms with E-state index in [1.807, 2.05) is 12.2 Å². The molecular formula is C10H10P2. The van der Waals surface area contributed by atoms with E-state index in [9.17, 15) is 0 Å². The van der Waals surface area contributed by atoms with E-state index in [4.69, 9.17) is 0 Å². The van der Waals surface area contributed by atoms with Crippen LogP contribution in [0.2, 0.25) is 0 Å². The van der Waals surface area contributed by atoms with Crippen LogP contribution in [0.3, 0.4) is 0 Å². The Kier molecular flexibility index (Phi) is 5.46. The number of hydrogen-bond donors (Lipinski definition) is 0. The van der Waals surface area contributed by atoms with Crippen LogP contribution in [0.5, 0.6) is 0 Å². The van der Waals surface area contributed by atoms with Crippen molar-refractivity contribution < 1.29 is 0 Å². The summed E-state index contributed by atoms with van der Waals surface area (Å²) in [7, 11) is 2.46. The van der Waals surface area contributed by atoms with E-state index < -0.39 is 0 Å². The van der Waals surface area contributed by atoms with Crippen molar-refractivity contribution in [1.29, 1.82) is 0 Å². The van der Waals surface area contributed by atoms with Crippen molar-refractivity contribution in [3.05, 3.63) is 48.1 Å². The molecule has 1 rings (SSSR count). The van der Waals surface area contributed by atoms with Crippen LogP contribution in [0.25, 0.3) is 0 Å². The highest BCUT2D eigenvalue weighted by atomic mass is 31.1. The van der Waals surface area contributed by atoms with Gasteiger partial charge in [0.05, 0.1) is 0 Å². The minimum Gasteiger partial charge on any atom is -0.0765 e. The van der Waals surface area contributed by atoms with Gasteiger partial charge in [-0.3, -0.25) is 0 Å². The Balaban J connectivity index is 2.67. The first-order chi connectivity index (χ1) is 6.00. The van der Waals surface area contributed by atoms with Crippen LogP contribution in [0.4, 0.5) is 0 Å². The maximum Gasteiger partial charge on any atom is -0.0347 e. The zero-order chi connectivity index (χ0) is 8.49. The van der Waals surface area contributed by atoms with E-state index >= 15 is 0 Å². The van der Waals surface area contributed by atoms with Crippen molar-refractivity contribution in [3.8, 4) is 0 Å². The summed E-state index contributed by atoms with van der Waals surface area (Å²) in [4.78, 5) is 0. The lowest BCUT2D eigenvalue weighted by Crippen LogP contribution is -1.56. The van der Waals surface area contributed by atoms with Gasteiger partial charge in [0.1, 0.15) is 0 Å². The first-order valence-corrected chi connectivity index (χ1v) is 5.77. The fraction of sp³-hybridized carbons (Fsp3) is 0. The Bertz CT molecular complexity index is 177. The molecule has 1 aliphatic heterocycles. The molecule has 0 unspecified atom stereocenters. The van der Waals surface area contributed by atoms with Crippen molar-refractivity contribution >= 4 is 28.0 Å². The molecule has 12 heavy (non-hydrogen) atoms. The Labute approximate surface area is 76.6 Å². The van der Waals surface area contributed by atoms with Gasteiger partial charge in [-0.2, -0.15) is 0 Å². The molecule has 0 saturated heterocycles. The Morgan fingerprint density at radius 3 is 1.50 bits per heavy atom. The quantitative estimate of drug-likeness (QED) is 0.514. The molecule has 0 N–H and O–H groups in total. The van der Waals surface area contributed by atoms with Gasteiger partial charge in [-0.25, -0.2) is 0 Å². The molecule has 0 aromatic rings. The van der Waals surface area contributed by atoms with Gasteiger partial charge in [-0.1, -0.05) is 52.9 Å². The van der Waals surface area contributed by atoms with Gasteiger partial charge in [-0.05, 0) is 23.2 Å². The Morgan fingerprint density at radius 1 is 0.500 bits per heavy atom. The van der Waals surface area contributed by atoms with Gasteiger partial charge in [-0.15, -0.1) is 0 Å². The van der Waals surface area contributed by atoms with Crippen LogP contribution < -0.4 is 0 Å². The molecule has 0 atom stereocenters. The summed E-state index contributed by atoms with van der Waals surface area (Å²) in [5.41, 5.74) is 0. The fourth-order valence-corrected chi connectivity index (χ4v) is 1.62. The standard InChI is InChI=1S/C10H10P2/c1-3-7-11-9-5-2-6-10-12-8-4-1/h1-10H/b3-1-,4-1?,5-2?,6-2-,7-3?,8-4-,9-5-,10-6?. The summed E-state index contributed by atoms with van der Waals surface area (Å²) in [6, 6.07) is 0. The van der Waals surface area contributed by atoms with Crippen molar-refractivity contribution in [2.24, 2.45) is 0 Å². The molecule has 0 aromatic heterocycles. The molecule has 2 heteroatoms. The minimum absolute atomic E-state index is 1.23. The van der Waals surface area contributed by atoms with Gasteiger partial charge in [0.2, 0.25) is 0 Å². The minimum atomic E-state index is 1.23. The molecule has 0 nitrogen and oxygen atoms in total. The second-order valence-electron chi connectivity index (χ2n) is 2.05. The molecule has 0 amide bonds. The molecule has 0 radical (unpaired) electrons. The maximum absolute atomic E-state index is 2.11. The molecule has 0 bridgehead atoms. The summed E-state index contributed by atoms with van der Waals surface area (Å²) in [6.45, 7) is 0. The van der Waals surface area contributed by atoms with Gasteiger partial charge < -0.3 is 0 Å². The third-order valence-corrected chi connectivity index (χ3v) is 2.51. The van der Waals surface area contributed by atoms with E-state index in [1.165, 1.54) is 16.4 Å². The van der Waals surface area contributed by atoms with Crippen LogP contribution in [0.1, 0.15) is 0 Å². The van der Waals surface area contributed by atoms with E-state index in [2.05, 4.69) is 47.5 Å². The predicted molar refractivity (Wildman–Crippen MR) is 62.5 cm³/mol. The summed E-state index contributed by atoms with van der Waals surface area (Å²) in [5.74, 6) is 8.43. The lowest BCUT2D eigenvalue weighted by Gasteiger charge is -1.76. The maximum atomic E-state index is 2.11. The SMILES string of the molecule is C1=C\C=P/C=C\C=C/C=P\C=C/1. The molecule has 0 aliphatic carbocycles. The van der Waals surface area contributed by atoms with Crippen LogP contribution in [-0.4, -0.2) is 11.6 Å². The third kappa shape index (κ3) is 5.02. The van der Waals surface area contributed by atoms with Crippen LogP contribution >= 0.6 is 16.4 Å². The van der Waals surface area contributed by atoms with Crippen molar-refractivity contribution in [1.82, 2.24) is 0 Å². The lowest BCUT2D eigenvalue weighted by atomic mass is 10.5. The van der Waals surface area contributed by atoms with Gasteiger partial charge in [0.15, 0.2) is 0 Å². The normalized spacial score (nSPS) is 32.0. The van der Waals surface area contributed by atoms with E-state index in [1.54, 1.807) is 0 Å². The molecular weight excluding hydrogens is 182 g/mol. The van der Waals surface area contributed by atoms with E-state index in [-0.39, 0.29) is 0 Å². The van der Waals surface area contributed by atoms with Crippen molar-refractivity contribution in [3.63, 3.8) is 0 Å². The number of hydrogen-bond acceptors (Lipinski definition) is 0. The average molecular weight is 192 g/mol. The topological polar surface area (TPSA) is 0 Å². The second-order valence-corrected chi connectivity index (χ2v) is 3.84. The molecule has 60 valence electrons. The summed E-state index contributed by atoms with van der Waals surface area (Å²) < 4.78 is 0. The van der Waals surface area contributed by atoms with E-state index in [0.29, 0.717) is 0 Å². The van der Waals surface area contributed by atoms with E-state index in [0.717, 1.165) is 0 Å². The van der Waals surface area contributed by atoms with Crippen molar-refractivity contribution in [2.75, 3.05) is 0 Å². The van der Waals surface area contributed by atoms with Gasteiger partial charge in [0, 0.05) is 0 Å². The third-order valence-electron chi connectivity index (χ3n) is 1.13. The first kappa shape index (κ1) is 9.39. The highest BCUT2D eigenvalue weighted by molar-refractivity contribution is 7.42. The zero-order valence-electron chi connectivity index (χ0n) is 6.67. The molecule has 0 spiro atoms. The number of allylic oxidation sites excluding steroid dienone is 6. The highest BCUT2D eigenvalue weighted by Gasteiger charge is 1.66. The summed E-state index contributed by atoms with van der Waals surface area (Å²) in [6.07, 6.45) is 12.3. The van der Waals surface area contributed by atoms with Gasteiger partial charge >= 0.3 is 0 Å². The van der Waals surface area contributed by atoms with Crippen LogP contribution in [0.15, 0.2) is 48.1 Å². The Hall–Kier alpha value is -0.700. The largest absolute Gasteiger partial charge is 0.0765 e. The monoisotopic (exact) mass is 192 g/mol. The number of rotatable bonds is 0. The lowest BCUT2D eigenvalue weighted by molar-refractivity contribution is 2.06. The summed E-state index contributed by atoms with van der Waals surface area (Å²) in [5, 5.41) is 0. The zero-order valence-corrected chi connectivity index (χ0v) is 8.46. The van der Waals surface area contributed by atoms with Crippen molar-refractivity contribution in [2.45, 2.75) is 0 Å². The van der Waals surface area contributed by atoms with Gasteiger partial charge in [0.25, 0.3) is 0 Å². The van der Waals surface area contributed by atoms with Crippen LogP contribution in [-0.2, 0) is 0 Å². The molecule has 0 fully saturated rings. The predicted octanol–water partition coefficient (Wildman–Crippen LogP) is 3.64. The second kappa shape index (κ2) is 6.98. The Morgan fingerprint density at radius 2 is 1.00 bits per heavy atom. The average Bonchev–Trinajstić information content (AvgIpc) is 2.05. The van der Waals surface area contributed by atoms with Crippen LogP contribution in [0, 0.1) is 0 Å². The fourth-order valence-electron chi connectivity index (χ4n) is 0.625.